The number of ether oxygens (including phenoxy) is 3. The molecule has 3 aromatic rings. The van der Waals surface area contributed by atoms with Crippen molar-refractivity contribution < 1.29 is 18.6 Å². The van der Waals surface area contributed by atoms with Crippen LogP contribution in [0.1, 0.15) is 23.6 Å². The molecule has 3 aromatic carbocycles. The number of rotatable bonds is 6. The van der Waals surface area contributed by atoms with Gasteiger partial charge in [-0.3, -0.25) is 5.01 Å². The smallest absolute Gasteiger partial charge is 0.165 e. The Balaban J connectivity index is 1.79. The van der Waals surface area contributed by atoms with Gasteiger partial charge in [0.1, 0.15) is 11.5 Å². The predicted octanol–water partition coefficient (Wildman–Crippen LogP) is 5.86. The summed E-state index contributed by atoms with van der Waals surface area (Å²) < 4.78 is 30.4. The molecule has 1 unspecified atom stereocenters. The molecule has 0 N–H and O–H groups in total. The van der Waals surface area contributed by atoms with Gasteiger partial charge in [-0.1, -0.05) is 23.7 Å². The van der Waals surface area contributed by atoms with E-state index in [2.05, 4.69) is 0 Å². The van der Waals surface area contributed by atoms with Crippen molar-refractivity contribution in [2.45, 2.75) is 12.5 Å². The highest BCUT2D eigenvalue weighted by atomic mass is 35.5. The molecule has 1 heterocycles. The number of halogens is 2. The van der Waals surface area contributed by atoms with Gasteiger partial charge < -0.3 is 14.2 Å². The van der Waals surface area contributed by atoms with Gasteiger partial charge in [-0.2, -0.15) is 5.10 Å². The zero-order valence-electron chi connectivity index (χ0n) is 17.4. The number of benzene rings is 3. The van der Waals surface area contributed by atoms with Crippen molar-refractivity contribution in [2.24, 2.45) is 5.10 Å². The van der Waals surface area contributed by atoms with Crippen LogP contribution in [0.2, 0.25) is 5.02 Å². The number of hydrogen-bond acceptors (Lipinski definition) is 5. The maximum absolute atomic E-state index is 14.5. The number of methoxy groups -OCH3 is 3. The maximum Gasteiger partial charge on any atom is 0.165 e. The second kappa shape index (κ2) is 8.86. The van der Waals surface area contributed by atoms with Crippen molar-refractivity contribution in [3.8, 4) is 17.2 Å². The minimum absolute atomic E-state index is 0.203. The molecule has 0 spiro atoms. The normalized spacial score (nSPS) is 15.6. The van der Waals surface area contributed by atoms with Gasteiger partial charge in [0.2, 0.25) is 0 Å². The summed E-state index contributed by atoms with van der Waals surface area (Å²) in [7, 11) is 4.67. The van der Waals surface area contributed by atoms with Crippen LogP contribution in [-0.2, 0) is 0 Å². The van der Waals surface area contributed by atoms with E-state index in [1.54, 1.807) is 26.4 Å². The second-order valence-corrected chi connectivity index (χ2v) is 7.49. The summed E-state index contributed by atoms with van der Waals surface area (Å²) in [6.45, 7) is 0. The van der Waals surface area contributed by atoms with Crippen molar-refractivity contribution in [3.05, 3.63) is 82.6 Å². The molecular formula is C24H22ClFN2O3. The van der Waals surface area contributed by atoms with E-state index in [4.69, 9.17) is 30.9 Å². The molecule has 160 valence electrons. The molecule has 0 bridgehead atoms. The van der Waals surface area contributed by atoms with Gasteiger partial charge in [0, 0.05) is 23.1 Å². The molecule has 0 aliphatic carbocycles. The zero-order valence-corrected chi connectivity index (χ0v) is 18.2. The number of anilines is 1. The molecule has 7 heteroatoms. The van der Waals surface area contributed by atoms with Crippen LogP contribution in [0.15, 0.2) is 65.8 Å². The zero-order chi connectivity index (χ0) is 22.0. The van der Waals surface area contributed by atoms with Gasteiger partial charge in [0.05, 0.1) is 38.8 Å². The van der Waals surface area contributed by atoms with E-state index < -0.39 is 5.82 Å². The molecule has 1 aliphatic rings. The molecule has 0 saturated heterocycles. The Morgan fingerprint density at radius 2 is 1.74 bits per heavy atom. The Morgan fingerprint density at radius 1 is 0.935 bits per heavy atom. The van der Waals surface area contributed by atoms with Gasteiger partial charge in [-0.15, -0.1) is 0 Å². The van der Waals surface area contributed by atoms with Gasteiger partial charge >= 0.3 is 0 Å². The van der Waals surface area contributed by atoms with Crippen LogP contribution < -0.4 is 19.2 Å². The van der Waals surface area contributed by atoms with Crippen LogP contribution in [0, 0.1) is 5.82 Å². The lowest BCUT2D eigenvalue weighted by atomic mass is 9.97. The van der Waals surface area contributed by atoms with Crippen molar-refractivity contribution in [2.75, 3.05) is 26.3 Å². The minimum atomic E-state index is -0.415. The van der Waals surface area contributed by atoms with E-state index in [1.165, 1.54) is 13.2 Å². The highest BCUT2D eigenvalue weighted by Crippen LogP contribution is 2.40. The van der Waals surface area contributed by atoms with Gasteiger partial charge in [-0.25, -0.2) is 4.39 Å². The van der Waals surface area contributed by atoms with E-state index >= 15 is 0 Å². The second-order valence-electron chi connectivity index (χ2n) is 7.05. The average Bonchev–Trinajstić information content (AvgIpc) is 3.24. The fourth-order valence-corrected chi connectivity index (χ4v) is 3.90. The number of hydrogen-bond donors (Lipinski definition) is 0. The standard InChI is InChI=1S/C24H22ClFN2O3/c1-29-18-8-9-19(24(13-18)31-3)21-14-22(15-7-10-23(30-2)20(26)11-15)28(27-21)17-6-4-5-16(25)12-17/h4-13,22H,14H2,1-3H3. The highest BCUT2D eigenvalue weighted by Gasteiger charge is 2.32. The molecule has 0 aromatic heterocycles. The summed E-state index contributed by atoms with van der Waals surface area (Å²) in [5, 5.41) is 7.35. The van der Waals surface area contributed by atoms with Gasteiger partial charge in [-0.05, 0) is 48.0 Å². The Morgan fingerprint density at radius 3 is 2.42 bits per heavy atom. The average molecular weight is 441 g/mol. The summed E-state index contributed by atoms with van der Waals surface area (Å²) in [5.74, 6) is 1.14. The lowest BCUT2D eigenvalue weighted by Crippen LogP contribution is -2.18. The Hall–Kier alpha value is -3.25. The third-order valence-corrected chi connectivity index (χ3v) is 5.50. The first-order chi connectivity index (χ1) is 15.0. The Labute approximate surface area is 185 Å². The van der Waals surface area contributed by atoms with Crippen LogP contribution in [-0.4, -0.2) is 27.0 Å². The van der Waals surface area contributed by atoms with Crippen LogP contribution in [0.25, 0.3) is 0 Å². The number of hydrazone groups is 1. The van der Waals surface area contributed by atoms with Crippen molar-refractivity contribution in [1.29, 1.82) is 0 Å². The van der Waals surface area contributed by atoms with Crippen LogP contribution >= 0.6 is 11.6 Å². The molecule has 4 rings (SSSR count). The first-order valence-electron chi connectivity index (χ1n) is 9.72. The Kier molecular flexibility index (Phi) is 6.00. The lowest BCUT2D eigenvalue weighted by Gasteiger charge is -2.24. The van der Waals surface area contributed by atoms with Gasteiger partial charge in [0.25, 0.3) is 0 Å². The highest BCUT2D eigenvalue weighted by molar-refractivity contribution is 6.30. The molecule has 0 amide bonds. The van der Waals surface area contributed by atoms with Gasteiger partial charge in [0.15, 0.2) is 11.6 Å². The first kappa shape index (κ1) is 21.0. The summed E-state index contributed by atoms with van der Waals surface area (Å²) in [5.41, 5.74) is 3.27. The largest absolute Gasteiger partial charge is 0.497 e. The van der Waals surface area contributed by atoms with E-state index in [-0.39, 0.29) is 11.8 Å². The van der Waals surface area contributed by atoms with Crippen LogP contribution in [0.5, 0.6) is 17.2 Å². The van der Waals surface area contributed by atoms with Crippen molar-refractivity contribution in [1.82, 2.24) is 0 Å². The molecule has 31 heavy (non-hydrogen) atoms. The van der Waals surface area contributed by atoms with Crippen molar-refractivity contribution >= 4 is 23.0 Å². The van der Waals surface area contributed by atoms with E-state index in [0.717, 1.165) is 22.5 Å². The summed E-state index contributed by atoms with van der Waals surface area (Å²) in [6, 6.07) is 17.8. The molecule has 1 aliphatic heterocycles. The molecule has 0 fully saturated rings. The fourth-order valence-electron chi connectivity index (χ4n) is 3.72. The summed E-state index contributed by atoms with van der Waals surface area (Å²) in [6.07, 6.45) is 0.557. The Bertz CT molecular complexity index is 1140. The molecule has 0 saturated carbocycles. The third-order valence-electron chi connectivity index (χ3n) is 5.26. The summed E-state index contributed by atoms with van der Waals surface area (Å²) >= 11 is 6.23. The molecule has 5 nitrogen and oxygen atoms in total. The SMILES string of the molecule is COc1ccc(C2=NN(c3cccc(Cl)c3)C(c3ccc(OC)c(F)c3)C2)c(OC)c1. The molecule has 1 atom stereocenters. The summed E-state index contributed by atoms with van der Waals surface area (Å²) in [4.78, 5) is 0. The first-order valence-corrected chi connectivity index (χ1v) is 10.1. The monoisotopic (exact) mass is 440 g/mol. The topological polar surface area (TPSA) is 43.3 Å². The quantitative estimate of drug-likeness (QED) is 0.481. The van der Waals surface area contributed by atoms with Crippen molar-refractivity contribution in [3.63, 3.8) is 0 Å². The van der Waals surface area contributed by atoms with Crippen LogP contribution in [0.4, 0.5) is 10.1 Å². The van der Waals surface area contributed by atoms with E-state index in [1.807, 2.05) is 47.5 Å². The third kappa shape index (κ3) is 4.16. The van der Waals surface area contributed by atoms with Crippen LogP contribution in [0.3, 0.4) is 0 Å². The number of nitrogens with zero attached hydrogens (tertiary/aromatic N) is 2. The van der Waals surface area contributed by atoms with E-state index in [0.29, 0.717) is 22.9 Å². The fraction of sp³-hybridized carbons (Fsp3) is 0.208. The van der Waals surface area contributed by atoms with E-state index in [9.17, 15) is 4.39 Å². The molecule has 0 radical (unpaired) electrons. The predicted molar refractivity (Wildman–Crippen MR) is 120 cm³/mol. The molecular weight excluding hydrogens is 419 g/mol. The minimum Gasteiger partial charge on any atom is -0.497 e. The lowest BCUT2D eigenvalue weighted by molar-refractivity contribution is 0.386. The maximum atomic E-state index is 14.5.